The summed E-state index contributed by atoms with van der Waals surface area (Å²) in [5, 5.41) is 0. The number of hydrogen-bond acceptors (Lipinski definition) is 2. The highest BCUT2D eigenvalue weighted by atomic mass is 79.9. The van der Waals surface area contributed by atoms with E-state index < -0.39 is 0 Å². The molecule has 1 saturated carbocycles. The molecule has 100 valence electrons. The highest BCUT2D eigenvalue weighted by Crippen LogP contribution is 2.39. The van der Waals surface area contributed by atoms with Crippen LogP contribution in [0, 0.1) is 18.8 Å². The third-order valence-electron chi connectivity index (χ3n) is 4.07. The smallest absolute Gasteiger partial charge is 0.0478 e. The molecule has 2 rings (SSSR count). The number of likely N-dealkylation sites (N-methyl/N-ethyl adjacent to an activating group) is 1. The van der Waals surface area contributed by atoms with Gasteiger partial charge in [0.1, 0.15) is 0 Å². The van der Waals surface area contributed by atoms with Gasteiger partial charge in [-0.1, -0.05) is 35.0 Å². The van der Waals surface area contributed by atoms with E-state index in [1.807, 2.05) is 0 Å². The Morgan fingerprint density at radius 1 is 1.50 bits per heavy atom. The second-order valence-corrected chi connectivity index (χ2v) is 6.54. The maximum atomic E-state index is 5.98. The number of aryl methyl sites for hydroxylation is 1. The Kier molecular flexibility index (Phi) is 4.46. The van der Waals surface area contributed by atoms with Crippen molar-refractivity contribution in [1.29, 1.82) is 0 Å². The molecule has 1 aliphatic rings. The van der Waals surface area contributed by atoms with Gasteiger partial charge in [0.15, 0.2) is 0 Å². The van der Waals surface area contributed by atoms with Gasteiger partial charge in [-0.05, 0) is 49.4 Å². The molecule has 3 unspecified atom stereocenters. The lowest BCUT2D eigenvalue weighted by molar-refractivity contribution is 0.236. The lowest BCUT2D eigenvalue weighted by Crippen LogP contribution is -2.32. The summed E-state index contributed by atoms with van der Waals surface area (Å²) in [7, 11) is 2.19. The summed E-state index contributed by atoms with van der Waals surface area (Å²) in [4.78, 5) is 2.41. The molecule has 0 spiro atoms. The lowest BCUT2D eigenvalue weighted by Gasteiger charge is -2.28. The molecule has 1 aliphatic carbocycles. The van der Waals surface area contributed by atoms with E-state index in [0.717, 1.165) is 18.4 Å². The SMILES string of the molecule is Cc1ccc(C(CN)N(C)CC2CC2C)c(Br)c1. The topological polar surface area (TPSA) is 29.3 Å². The summed E-state index contributed by atoms with van der Waals surface area (Å²) >= 11 is 3.67. The van der Waals surface area contributed by atoms with Gasteiger partial charge >= 0.3 is 0 Å². The Morgan fingerprint density at radius 3 is 2.67 bits per heavy atom. The van der Waals surface area contributed by atoms with Gasteiger partial charge in [-0.3, -0.25) is 4.90 Å². The van der Waals surface area contributed by atoms with Gasteiger partial charge in [0.05, 0.1) is 0 Å². The van der Waals surface area contributed by atoms with Crippen LogP contribution in [0.15, 0.2) is 22.7 Å². The Morgan fingerprint density at radius 2 is 2.17 bits per heavy atom. The van der Waals surface area contributed by atoms with Gasteiger partial charge in [0.2, 0.25) is 0 Å². The number of halogens is 1. The van der Waals surface area contributed by atoms with E-state index in [9.17, 15) is 0 Å². The van der Waals surface area contributed by atoms with Gasteiger partial charge in [-0.2, -0.15) is 0 Å². The maximum absolute atomic E-state index is 5.98. The summed E-state index contributed by atoms with van der Waals surface area (Å²) in [6.07, 6.45) is 1.37. The van der Waals surface area contributed by atoms with Gasteiger partial charge in [0.25, 0.3) is 0 Å². The highest BCUT2D eigenvalue weighted by molar-refractivity contribution is 9.10. The molecule has 0 radical (unpaired) electrons. The quantitative estimate of drug-likeness (QED) is 0.903. The first-order valence-electron chi connectivity index (χ1n) is 6.69. The van der Waals surface area contributed by atoms with Crippen LogP contribution in [0.2, 0.25) is 0 Å². The predicted octanol–water partition coefficient (Wildman–Crippen LogP) is 3.35. The van der Waals surface area contributed by atoms with E-state index in [4.69, 9.17) is 5.73 Å². The standard InChI is InChI=1S/C15H23BrN2/c1-10-4-5-13(14(16)6-10)15(8-17)18(3)9-12-7-11(12)2/h4-6,11-12,15H,7-9,17H2,1-3H3. The molecule has 1 aromatic carbocycles. The molecule has 0 saturated heterocycles. The van der Waals surface area contributed by atoms with Crippen molar-refractivity contribution in [3.05, 3.63) is 33.8 Å². The second-order valence-electron chi connectivity index (χ2n) is 5.69. The monoisotopic (exact) mass is 310 g/mol. The van der Waals surface area contributed by atoms with E-state index in [1.165, 1.54) is 22.0 Å². The van der Waals surface area contributed by atoms with Crippen molar-refractivity contribution < 1.29 is 0 Å². The zero-order chi connectivity index (χ0) is 13.3. The van der Waals surface area contributed by atoms with Crippen LogP contribution in [0.3, 0.4) is 0 Å². The van der Waals surface area contributed by atoms with Crippen molar-refractivity contribution in [2.24, 2.45) is 17.6 Å². The average molecular weight is 311 g/mol. The fourth-order valence-corrected chi connectivity index (χ4v) is 3.35. The van der Waals surface area contributed by atoms with Gasteiger partial charge < -0.3 is 5.73 Å². The predicted molar refractivity (Wildman–Crippen MR) is 80.6 cm³/mol. The largest absolute Gasteiger partial charge is 0.329 e. The Balaban J connectivity index is 2.11. The minimum absolute atomic E-state index is 0.313. The molecule has 1 aromatic rings. The molecule has 18 heavy (non-hydrogen) atoms. The fraction of sp³-hybridized carbons (Fsp3) is 0.600. The molecule has 3 atom stereocenters. The van der Waals surface area contributed by atoms with Gasteiger partial charge in [-0.15, -0.1) is 0 Å². The fourth-order valence-electron chi connectivity index (χ4n) is 2.60. The van der Waals surface area contributed by atoms with Crippen molar-refractivity contribution >= 4 is 15.9 Å². The molecule has 1 fully saturated rings. The Labute approximate surface area is 119 Å². The summed E-state index contributed by atoms with van der Waals surface area (Å²) in [6.45, 7) is 6.27. The van der Waals surface area contributed by atoms with Crippen LogP contribution in [0.5, 0.6) is 0 Å². The number of hydrogen-bond donors (Lipinski definition) is 1. The van der Waals surface area contributed by atoms with Crippen molar-refractivity contribution in [2.75, 3.05) is 20.1 Å². The van der Waals surface area contributed by atoms with E-state index in [-0.39, 0.29) is 0 Å². The molecule has 3 heteroatoms. The van der Waals surface area contributed by atoms with Crippen LogP contribution < -0.4 is 5.73 Å². The second kappa shape index (κ2) is 5.72. The lowest BCUT2D eigenvalue weighted by atomic mass is 10.0. The molecular weight excluding hydrogens is 288 g/mol. The zero-order valence-electron chi connectivity index (χ0n) is 11.5. The molecule has 2 nitrogen and oxygen atoms in total. The minimum atomic E-state index is 0.313. The van der Waals surface area contributed by atoms with Crippen LogP contribution in [0.25, 0.3) is 0 Å². The van der Waals surface area contributed by atoms with Crippen LogP contribution >= 0.6 is 15.9 Å². The molecule has 2 N–H and O–H groups in total. The van der Waals surface area contributed by atoms with Crippen molar-refractivity contribution in [1.82, 2.24) is 4.90 Å². The van der Waals surface area contributed by atoms with E-state index >= 15 is 0 Å². The Bertz CT molecular complexity index is 419. The third kappa shape index (κ3) is 3.14. The molecule has 0 amide bonds. The Hall–Kier alpha value is -0.380. The normalized spacial score (nSPS) is 24.3. The van der Waals surface area contributed by atoms with Crippen molar-refractivity contribution in [3.8, 4) is 0 Å². The van der Waals surface area contributed by atoms with Crippen molar-refractivity contribution in [3.63, 3.8) is 0 Å². The summed E-state index contributed by atoms with van der Waals surface area (Å²) in [6, 6.07) is 6.85. The number of benzene rings is 1. The highest BCUT2D eigenvalue weighted by Gasteiger charge is 2.34. The molecular formula is C15H23BrN2. The van der Waals surface area contributed by atoms with Crippen molar-refractivity contribution in [2.45, 2.75) is 26.3 Å². The number of nitrogens with two attached hydrogens (primary N) is 1. The summed E-state index contributed by atoms with van der Waals surface area (Å²) in [5.41, 5.74) is 8.56. The molecule has 0 aromatic heterocycles. The van der Waals surface area contributed by atoms with Crippen LogP contribution in [-0.2, 0) is 0 Å². The van der Waals surface area contributed by atoms with E-state index in [0.29, 0.717) is 12.6 Å². The van der Waals surface area contributed by atoms with E-state index in [1.54, 1.807) is 0 Å². The van der Waals surface area contributed by atoms with E-state index in [2.05, 4.69) is 59.9 Å². The van der Waals surface area contributed by atoms with Gasteiger partial charge in [-0.25, -0.2) is 0 Å². The molecule has 0 heterocycles. The first-order chi connectivity index (χ1) is 8.52. The minimum Gasteiger partial charge on any atom is -0.329 e. The van der Waals surface area contributed by atoms with Gasteiger partial charge in [0, 0.05) is 23.6 Å². The average Bonchev–Trinajstić information content (AvgIpc) is 2.98. The maximum Gasteiger partial charge on any atom is 0.0478 e. The first-order valence-corrected chi connectivity index (χ1v) is 7.48. The summed E-state index contributed by atoms with van der Waals surface area (Å²) < 4.78 is 1.17. The molecule has 0 aliphatic heterocycles. The first kappa shape index (κ1) is 14.0. The van der Waals surface area contributed by atoms with Crippen LogP contribution in [0.1, 0.15) is 30.5 Å². The third-order valence-corrected chi connectivity index (χ3v) is 4.76. The number of nitrogens with zero attached hydrogens (tertiary/aromatic N) is 1. The van der Waals surface area contributed by atoms with Crippen LogP contribution in [-0.4, -0.2) is 25.0 Å². The molecule has 0 bridgehead atoms. The number of rotatable bonds is 5. The summed E-state index contributed by atoms with van der Waals surface area (Å²) in [5.74, 6) is 1.76. The zero-order valence-corrected chi connectivity index (χ0v) is 13.1. The van der Waals surface area contributed by atoms with Crippen LogP contribution in [0.4, 0.5) is 0 Å².